The third kappa shape index (κ3) is 4.22. The van der Waals surface area contributed by atoms with Crippen LogP contribution in [0.2, 0.25) is 0 Å². The Morgan fingerprint density at radius 3 is 1.92 bits per heavy atom. The van der Waals surface area contributed by atoms with E-state index in [1.807, 2.05) is 55.5 Å². The van der Waals surface area contributed by atoms with Crippen LogP contribution >= 0.6 is 22.4 Å². The van der Waals surface area contributed by atoms with Crippen molar-refractivity contribution in [1.82, 2.24) is 0 Å². The van der Waals surface area contributed by atoms with E-state index in [0.717, 1.165) is 11.1 Å². The Morgan fingerprint density at radius 1 is 0.880 bits per heavy atom. The predicted octanol–water partition coefficient (Wildman–Crippen LogP) is 1.87. The highest BCUT2D eigenvalue weighted by atomic mass is 35.7. The minimum absolute atomic E-state index is 0.382. The summed E-state index contributed by atoms with van der Waals surface area (Å²) >= 11 is 6.47. The van der Waals surface area contributed by atoms with Gasteiger partial charge in [0.1, 0.15) is 14.5 Å². The molecule has 0 bridgehead atoms. The molecule has 7 heteroatoms. The van der Waals surface area contributed by atoms with Crippen LogP contribution in [0.4, 0.5) is 0 Å². The van der Waals surface area contributed by atoms with Crippen molar-refractivity contribution >= 4 is 32.1 Å². The summed E-state index contributed by atoms with van der Waals surface area (Å²) in [5, 5.41) is 0.382. The quantitative estimate of drug-likeness (QED) is 0.738. The minimum Gasteiger partial charge on any atom is -0.182 e. The second kappa shape index (κ2) is 7.43. The highest BCUT2D eigenvalue weighted by molar-refractivity contribution is 8.20. The maximum Gasteiger partial charge on any atom is 0.149 e. The van der Waals surface area contributed by atoms with Gasteiger partial charge < -0.3 is 0 Å². The zero-order valence-electron chi connectivity index (χ0n) is 13.1. The summed E-state index contributed by atoms with van der Waals surface area (Å²) in [6, 6.07) is 18.3. The molecule has 1 aliphatic rings. The summed E-state index contributed by atoms with van der Waals surface area (Å²) in [6.45, 7) is 1.83. The highest BCUT2D eigenvalue weighted by Gasteiger charge is 2.33. The molecular weight excluding hydrogens is 383 g/mol. The van der Waals surface area contributed by atoms with Gasteiger partial charge >= 0.3 is 0 Å². The smallest absolute Gasteiger partial charge is 0.149 e. The van der Waals surface area contributed by atoms with Gasteiger partial charge in [0.05, 0.1) is 25.0 Å². The highest BCUT2D eigenvalue weighted by Crippen LogP contribution is 2.46. The van der Waals surface area contributed by atoms with Gasteiger partial charge in [0.15, 0.2) is 0 Å². The fourth-order valence-corrected chi connectivity index (χ4v) is 5.48. The van der Waals surface area contributed by atoms with Gasteiger partial charge in [-0.05, 0) is 29.7 Å². The SMILES string of the molecule is CC1=C(Cl)C(c2ccccc2)=S(O[Cl+3]([O-])([O-])[O-])C(c2ccccc2)=C1. The zero-order chi connectivity index (χ0) is 18.0. The lowest BCUT2D eigenvalue weighted by Crippen LogP contribution is -2.60. The number of allylic oxidation sites excluding steroid dienone is 3. The first-order chi connectivity index (χ1) is 11.9. The van der Waals surface area contributed by atoms with E-state index >= 15 is 0 Å². The first-order valence-corrected chi connectivity index (χ1v) is 10.0. The van der Waals surface area contributed by atoms with Crippen LogP contribution in [0.3, 0.4) is 0 Å². The second-order valence-electron chi connectivity index (χ2n) is 5.28. The van der Waals surface area contributed by atoms with Crippen molar-refractivity contribution in [3.63, 3.8) is 0 Å². The van der Waals surface area contributed by atoms with Crippen molar-refractivity contribution in [3.05, 3.63) is 88.5 Å². The van der Waals surface area contributed by atoms with Crippen LogP contribution in [0.5, 0.6) is 0 Å². The van der Waals surface area contributed by atoms with E-state index in [9.17, 15) is 14.0 Å². The number of benzene rings is 2. The van der Waals surface area contributed by atoms with Crippen LogP contribution in [0, 0.1) is 10.2 Å². The molecule has 3 rings (SSSR count). The fraction of sp³-hybridized carbons (Fsp3) is 0.0556. The van der Waals surface area contributed by atoms with Gasteiger partial charge in [-0.1, -0.05) is 72.3 Å². The molecule has 0 aromatic heterocycles. The van der Waals surface area contributed by atoms with Crippen LogP contribution in [0.25, 0.3) is 4.91 Å². The van der Waals surface area contributed by atoms with Gasteiger partial charge in [-0.15, -0.1) is 0 Å². The molecule has 1 atom stereocenters. The van der Waals surface area contributed by atoms with Crippen LogP contribution < -0.4 is 14.0 Å². The lowest BCUT2D eigenvalue weighted by molar-refractivity contribution is -1.91. The molecule has 0 N–H and O–H groups in total. The van der Waals surface area contributed by atoms with E-state index in [1.54, 1.807) is 18.2 Å². The lowest BCUT2D eigenvalue weighted by Gasteiger charge is -2.22. The molecular formula is C18H14Cl2O4S. The van der Waals surface area contributed by atoms with E-state index in [2.05, 4.69) is 0 Å². The maximum absolute atomic E-state index is 11.3. The maximum atomic E-state index is 11.3. The van der Waals surface area contributed by atoms with Crippen molar-refractivity contribution in [3.8, 4) is 0 Å². The summed E-state index contributed by atoms with van der Waals surface area (Å²) < 4.78 is 39.0. The molecule has 1 heterocycles. The summed E-state index contributed by atoms with van der Waals surface area (Å²) in [7, 11) is -6.09. The monoisotopic (exact) mass is 396 g/mol. The summed E-state index contributed by atoms with van der Waals surface area (Å²) in [6.07, 6.45) is 1.76. The van der Waals surface area contributed by atoms with E-state index in [4.69, 9.17) is 15.3 Å². The van der Waals surface area contributed by atoms with Crippen LogP contribution in [-0.2, 0) is 3.74 Å². The first kappa shape index (κ1) is 18.4. The Bertz CT molecular complexity index is 869. The largest absolute Gasteiger partial charge is 0.182 e. The first-order valence-electron chi connectivity index (χ1n) is 7.28. The van der Waals surface area contributed by atoms with Gasteiger partial charge in [0.25, 0.3) is 0 Å². The molecule has 1 aliphatic heterocycles. The molecule has 0 radical (unpaired) electrons. The van der Waals surface area contributed by atoms with Gasteiger partial charge in [-0.2, -0.15) is 14.0 Å². The summed E-state index contributed by atoms with van der Waals surface area (Å²) in [5.74, 6) is 0. The number of hydrogen-bond acceptors (Lipinski definition) is 4. The van der Waals surface area contributed by atoms with Crippen LogP contribution in [0.15, 0.2) is 77.3 Å². The molecule has 0 fully saturated rings. The topological polar surface area (TPSA) is 78.4 Å². The van der Waals surface area contributed by atoms with Crippen molar-refractivity contribution in [2.75, 3.05) is 0 Å². The Morgan fingerprint density at radius 2 is 1.40 bits per heavy atom. The van der Waals surface area contributed by atoms with Crippen LogP contribution in [0.1, 0.15) is 18.1 Å². The molecule has 0 aliphatic carbocycles. The predicted molar refractivity (Wildman–Crippen MR) is 92.2 cm³/mol. The second-order valence-corrected chi connectivity index (χ2v) is 8.30. The Kier molecular flexibility index (Phi) is 5.46. The van der Waals surface area contributed by atoms with E-state index in [0.29, 0.717) is 20.4 Å². The van der Waals surface area contributed by atoms with E-state index < -0.39 is 21.0 Å². The lowest BCUT2D eigenvalue weighted by atomic mass is 10.1. The molecule has 130 valence electrons. The third-order valence-electron chi connectivity index (χ3n) is 3.51. The Hall–Kier alpha value is -1.44. The van der Waals surface area contributed by atoms with Gasteiger partial charge in [-0.3, -0.25) is 0 Å². The average molecular weight is 397 g/mol. The molecule has 2 aromatic rings. The molecule has 0 amide bonds. The van der Waals surface area contributed by atoms with Crippen molar-refractivity contribution in [2.24, 2.45) is 0 Å². The molecule has 0 saturated heterocycles. The number of rotatable bonds is 4. The summed E-state index contributed by atoms with van der Waals surface area (Å²) in [4.78, 5) is 1.07. The Balaban J connectivity index is 2.28. The van der Waals surface area contributed by atoms with Crippen LogP contribution in [-0.4, -0.2) is 4.86 Å². The Labute approximate surface area is 155 Å². The van der Waals surface area contributed by atoms with Crippen molar-refractivity contribution in [1.29, 1.82) is 0 Å². The number of halogens is 2. The average Bonchev–Trinajstić information content (AvgIpc) is 2.58. The molecule has 25 heavy (non-hydrogen) atoms. The van der Waals surface area contributed by atoms with Gasteiger partial charge in [0.2, 0.25) is 0 Å². The molecule has 0 saturated carbocycles. The minimum atomic E-state index is -4.63. The molecule has 0 spiro atoms. The van der Waals surface area contributed by atoms with Crippen molar-refractivity contribution in [2.45, 2.75) is 6.92 Å². The van der Waals surface area contributed by atoms with Crippen molar-refractivity contribution < 1.29 is 28.0 Å². The molecule has 2 aromatic carbocycles. The third-order valence-corrected chi connectivity index (χ3v) is 6.80. The molecule has 1 unspecified atom stereocenters. The fourth-order valence-electron chi connectivity index (χ4n) is 2.44. The number of hydrogen-bond donors (Lipinski definition) is 0. The van der Waals surface area contributed by atoms with Gasteiger partial charge in [-0.25, -0.2) is 0 Å². The molecule has 4 nitrogen and oxygen atoms in total. The summed E-state index contributed by atoms with van der Waals surface area (Å²) in [5.41, 5.74) is 2.24. The zero-order valence-corrected chi connectivity index (χ0v) is 15.5. The standard InChI is InChI=1S/C18H14Cl2O4S/c1-13-12-16(14-8-4-2-5-9-14)25(24-20(21,22)23)18(17(13)19)15-10-6-3-7-11-15/h2-12H,1H3. The van der Waals surface area contributed by atoms with Gasteiger partial charge in [0, 0.05) is 0 Å². The van der Waals surface area contributed by atoms with E-state index in [-0.39, 0.29) is 0 Å². The van der Waals surface area contributed by atoms with E-state index in [1.165, 1.54) is 0 Å². The normalized spacial score (nSPS) is 18.4.